The molecule has 2 rings (SSSR count). The fraction of sp³-hybridized carbons (Fsp3) is 0.0833. The fourth-order valence-electron chi connectivity index (χ4n) is 1.63. The Kier molecular flexibility index (Phi) is 4.28. The van der Waals surface area contributed by atoms with Crippen molar-refractivity contribution in [3.05, 3.63) is 56.3 Å². The highest BCUT2D eigenvalue weighted by molar-refractivity contribution is 7.07. The summed E-state index contributed by atoms with van der Waals surface area (Å²) in [7, 11) is 0. The molecule has 0 saturated heterocycles. The van der Waals surface area contributed by atoms with Crippen LogP contribution in [0.25, 0.3) is 0 Å². The number of nitrogens with one attached hydrogen (secondary N) is 2. The van der Waals surface area contributed by atoms with Gasteiger partial charge in [-0.15, -0.1) is 0 Å². The fourth-order valence-corrected chi connectivity index (χ4v) is 2.30. The van der Waals surface area contributed by atoms with Gasteiger partial charge in [0.2, 0.25) is 0 Å². The Morgan fingerprint density at radius 3 is 2.80 bits per heavy atom. The molecular weight excluding hydrogens is 280 g/mol. The van der Waals surface area contributed by atoms with Crippen LogP contribution in [0.15, 0.2) is 35.0 Å². The van der Waals surface area contributed by atoms with E-state index in [0.29, 0.717) is 12.2 Å². The third-order valence-corrected chi connectivity index (χ3v) is 3.38. The maximum atomic E-state index is 12.1. The van der Waals surface area contributed by atoms with Crippen LogP contribution in [-0.4, -0.2) is 10.8 Å². The lowest BCUT2D eigenvalue weighted by Crippen LogP contribution is -2.24. The molecule has 0 aliphatic carbocycles. The molecule has 104 valence electrons. The number of hydrazine groups is 1. The minimum Gasteiger partial charge on any atom is -0.348 e. The second-order valence-electron chi connectivity index (χ2n) is 3.95. The van der Waals surface area contributed by atoms with Gasteiger partial charge in [-0.1, -0.05) is 0 Å². The maximum absolute atomic E-state index is 12.1. The summed E-state index contributed by atoms with van der Waals surface area (Å²) in [6.07, 6.45) is 0. The Hall–Kier alpha value is -2.45. The van der Waals surface area contributed by atoms with Crippen molar-refractivity contribution in [2.75, 3.05) is 5.43 Å². The van der Waals surface area contributed by atoms with Crippen LogP contribution in [0.4, 0.5) is 11.4 Å². The number of anilines is 1. The zero-order chi connectivity index (χ0) is 14.5. The number of thiophene rings is 1. The number of amides is 1. The smallest absolute Gasteiger partial charge is 0.270 e. The molecule has 8 heteroatoms. The van der Waals surface area contributed by atoms with Gasteiger partial charge in [0, 0.05) is 18.7 Å². The van der Waals surface area contributed by atoms with Crippen LogP contribution < -0.4 is 16.6 Å². The predicted molar refractivity (Wildman–Crippen MR) is 76.4 cm³/mol. The lowest BCUT2D eigenvalue weighted by Gasteiger charge is -2.09. The summed E-state index contributed by atoms with van der Waals surface area (Å²) >= 11 is 1.53. The average molecular weight is 292 g/mol. The number of rotatable bonds is 5. The SMILES string of the molecule is NNc1ccc([N+](=O)[O-])cc1C(=O)NCc1ccsc1. The summed E-state index contributed by atoms with van der Waals surface area (Å²) in [6, 6.07) is 5.76. The number of nitrogens with zero attached hydrogens (tertiary/aromatic N) is 1. The van der Waals surface area contributed by atoms with Crippen LogP contribution in [0, 0.1) is 10.1 Å². The van der Waals surface area contributed by atoms with Crippen LogP contribution in [0.3, 0.4) is 0 Å². The molecule has 0 aliphatic heterocycles. The normalized spacial score (nSPS) is 10.1. The molecule has 0 spiro atoms. The minimum absolute atomic E-state index is 0.136. The first-order valence-corrected chi connectivity index (χ1v) is 6.60. The summed E-state index contributed by atoms with van der Waals surface area (Å²) in [4.78, 5) is 22.3. The Morgan fingerprint density at radius 1 is 1.40 bits per heavy atom. The molecule has 7 nitrogen and oxygen atoms in total. The second-order valence-corrected chi connectivity index (χ2v) is 4.73. The number of nitrogens with two attached hydrogens (primary N) is 1. The number of non-ortho nitro benzene ring substituents is 1. The molecule has 0 atom stereocenters. The van der Waals surface area contributed by atoms with Crippen molar-refractivity contribution >= 4 is 28.6 Å². The van der Waals surface area contributed by atoms with E-state index in [1.54, 1.807) is 0 Å². The van der Waals surface area contributed by atoms with E-state index in [1.165, 1.54) is 29.5 Å². The molecular formula is C12H12N4O3S. The number of nitrogen functional groups attached to an aromatic ring is 1. The maximum Gasteiger partial charge on any atom is 0.270 e. The largest absolute Gasteiger partial charge is 0.348 e. The quantitative estimate of drug-likeness (QED) is 0.442. The number of hydrogen-bond donors (Lipinski definition) is 3. The number of nitro benzene ring substituents is 1. The molecule has 1 aromatic heterocycles. The van der Waals surface area contributed by atoms with E-state index in [1.807, 2.05) is 16.8 Å². The monoisotopic (exact) mass is 292 g/mol. The van der Waals surface area contributed by atoms with Crippen LogP contribution in [0.1, 0.15) is 15.9 Å². The van der Waals surface area contributed by atoms with Gasteiger partial charge >= 0.3 is 0 Å². The van der Waals surface area contributed by atoms with Crippen molar-refractivity contribution in [2.24, 2.45) is 5.84 Å². The third kappa shape index (κ3) is 3.11. The first-order chi connectivity index (χ1) is 9.61. The third-order valence-electron chi connectivity index (χ3n) is 2.65. The molecule has 1 amide bonds. The molecule has 0 saturated carbocycles. The van der Waals surface area contributed by atoms with Crippen LogP contribution in [0.5, 0.6) is 0 Å². The first-order valence-electron chi connectivity index (χ1n) is 5.66. The van der Waals surface area contributed by atoms with Gasteiger partial charge in [-0.05, 0) is 28.5 Å². The number of hydrogen-bond acceptors (Lipinski definition) is 6. The molecule has 2 aromatic rings. The van der Waals surface area contributed by atoms with E-state index in [9.17, 15) is 14.9 Å². The van der Waals surface area contributed by atoms with Gasteiger partial charge in [-0.25, -0.2) is 0 Å². The topological polar surface area (TPSA) is 110 Å². The minimum atomic E-state index is -0.560. The highest BCUT2D eigenvalue weighted by atomic mass is 32.1. The Morgan fingerprint density at radius 2 is 2.20 bits per heavy atom. The summed E-state index contributed by atoms with van der Waals surface area (Å²) in [6.45, 7) is 0.356. The lowest BCUT2D eigenvalue weighted by atomic mass is 10.1. The summed E-state index contributed by atoms with van der Waals surface area (Å²) in [5, 5.41) is 17.3. The number of carbonyl (C=O) groups excluding carboxylic acids is 1. The van der Waals surface area contributed by atoms with E-state index in [-0.39, 0.29) is 11.3 Å². The van der Waals surface area contributed by atoms with Gasteiger partial charge < -0.3 is 10.7 Å². The Bertz CT molecular complexity index is 628. The highest BCUT2D eigenvalue weighted by Crippen LogP contribution is 2.21. The van der Waals surface area contributed by atoms with Crippen molar-refractivity contribution in [1.82, 2.24) is 5.32 Å². The van der Waals surface area contributed by atoms with Gasteiger partial charge in [-0.3, -0.25) is 20.8 Å². The van der Waals surface area contributed by atoms with Crippen molar-refractivity contribution in [3.8, 4) is 0 Å². The lowest BCUT2D eigenvalue weighted by molar-refractivity contribution is -0.384. The molecule has 20 heavy (non-hydrogen) atoms. The number of benzene rings is 1. The van der Waals surface area contributed by atoms with Gasteiger partial charge in [0.15, 0.2) is 0 Å². The Labute approximate surface area is 118 Å². The van der Waals surface area contributed by atoms with E-state index >= 15 is 0 Å². The molecule has 0 radical (unpaired) electrons. The highest BCUT2D eigenvalue weighted by Gasteiger charge is 2.16. The van der Waals surface area contributed by atoms with Gasteiger partial charge in [0.05, 0.1) is 16.2 Å². The standard InChI is InChI=1S/C12H12N4O3S/c13-15-11-2-1-9(16(18)19)5-10(11)12(17)14-6-8-3-4-20-7-8/h1-5,7,15H,6,13H2,(H,14,17). The van der Waals surface area contributed by atoms with Crippen molar-refractivity contribution in [1.29, 1.82) is 0 Å². The molecule has 0 bridgehead atoms. The number of carbonyl (C=O) groups is 1. The van der Waals surface area contributed by atoms with Crippen LogP contribution in [-0.2, 0) is 6.54 Å². The van der Waals surface area contributed by atoms with E-state index in [2.05, 4.69) is 10.7 Å². The van der Waals surface area contributed by atoms with E-state index in [0.717, 1.165) is 5.56 Å². The average Bonchev–Trinajstić information content (AvgIpc) is 2.97. The van der Waals surface area contributed by atoms with Crippen molar-refractivity contribution < 1.29 is 9.72 Å². The second kappa shape index (κ2) is 6.13. The first kappa shape index (κ1) is 14.0. The molecule has 0 fully saturated rings. The molecule has 0 unspecified atom stereocenters. The number of nitro groups is 1. The summed E-state index contributed by atoms with van der Waals surface area (Å²) in [5.41, 5.74) is 3.63. The van der Waals surface area contributed by atoms with Gasteiger partial charge in [0.25, 0.3) is 11.6 Å². The molecule has 4 N–H and O–H groups in total. The summed E-state index contributed by atoms with van der Waals surface area (Å²) < 4.78 is 0. The molecule has 1 aromatic carbocycles. The molecule has 0 aliphatic rings. The zero-order valence-corrected chi connectivity index (χ0v) is 11.1. The van der Waals surface area contributed by atoms with Crippen LogP contribution >= 0.6 is 11.3 Å². The van der Waals surface area contributed by atoms with Gasteiger partial charge in [-0.2, -0.15) is 11.3 Å². The molecule has 1 heterocycles. The Balaban J connectivity index is 2.18. The van der Waals surface area contributed by atoms with E-state index < -0.39 is 10.8 Å². The van der Waals surface area contributed by atoms with E-state index in [4.69, 9.17) is 5.84 Å². The zero-order valence-electron chi connectivity index (χ0n) is 10.3. The van der Waals surface area contributed by atoms with Gasteiger partial charge in [0.1, 0.15) is 0 Å². The summed E-state index contributed by atoms with van der Waals surface area (Å²) in [5.74, 6) is 4.88. The van der Waals surface area contributed by atoms with Crippen LogP contribution in [0.2, 0.25) is 0 Å². The van der Waals surface area contributed by atoms with Crippen molar-refractivity contribution in [3.63, 3.8) is 0 Å². The predicted octanol–water partition coefficient (Wildman–Crippen LogP) is 1.87. The van der Waals surface area contributed by atoms with Crippen molar-refractivity contribution in [2.45, 2.75) is 6.54 Å².